The van der Waals surface area contributed by atoms with Crippen LogP contribution in [0.25, 0.3) is 0 Å². The number of carboxylic acid groups (broad SMARTS) is 1. The molecule has 0 saturated heterocycles. The van der Waals surface area contributed by atoms with E-state index in [0.29, 0.717) is 12.1 Å². The van der Waals surface area contributed by atoms with Crippen LogP contribution in [-0.4, -0.2) is 29.1 Å². The largest absolute Gasteiger partial charge is 0.480 e. The number of terminal acetylenes is 1. The smallest absolute Gasteiger partial charge is 0.317 e. The Morgan fingerprint density at radius 1 is 1.41 bits per heavy atom. The summed E-state index contributed by atoms with van der Waals surface area (Å²) in [6, 6.07) is 9.01. The number of carbonyl (C=O) groups is 1. The molecule has 0 saturated carbocycles. The van der Waals surface area contributed by atoms with Gasteiger partial charge in [-0.1, -0.05) is 18.1 Å². The number of rotatable bonds is 5. The zero-order valence-corrected chi connectivity index (χ0v) is 9.26. The van der Waals surface area contributed by atoms with Crippen LogP contribution in [0.1, 0.15) is 11.1 Å². The Hall–Kier alpha value is -2.30. The van der Waals surface area contributed by atoms with Crippen molar-refractivity contribution in [1.29, 1.82) is 5.26 Å². The summed E-state index contributed by atoms with van der Waals surface area (Å²) >= 11 is 0. The molecule has 1 N–H and O–H groups in total. The molecular formula is C13H12N2O2. The van der Waals surface area contributed by atoms with E-state index in [4.69, 9.17) is 16.8 Å². The van der Waals surface area contributed by atoms with Crippen LogP contribution in [0.5, 0.6) is 0 Å². The van der Waals surface area contributed by atoms with Gasteiger partial charge in [0.25, 0.3) is 0 Å². The van der Waals surface area contributed by atoms with Crippen molar-refractivity contribution < 1.29 is 9.90 Å². The zero-order valence-electron chi connectivity index (χ0n) is 9.26. The van der Waals surface area contributed by atoms with E-state index in [9.17, 15) is 4.79 Å². The fraction of sp³-hybridized carbons (Fsp3) is 0.231. The Balaban J connectivity index is 2.69. The molecule has 0 aliphatic rings. The van der Waals surface area contributed by atoms with Crippen molar-refractivity contribution in [2.45, 2.75) is 6.54 Å². The van der Waals surface area contributed by atoms with Gasteiger partial charge in [0.1, 0.15) is 0 Å². The highest BCUT2D eigenvalue weighted by Gasteiger charge is 2.08. The zero-order chi connectivity index (χ0) is 12.7. The lowest BCUT2D eigenvalue weighted by Crippen LogP contribution is -2.29. The summed E-state index contributed by atoms with van der Waals surface area (Å²) in [6.45, 7) is 0.651. The minimum atomic E-state index is -0.908. The summed E-state index contributed by atoms with van der Waals surface area (Å²) in [5, 5.41) is 17.4. The molecule has 0 bridgehead atoms. The van der Waals surface area contributed by atoms with Gasteiger partial charge >= 0.3 is 5.97 Å². The van der Waals surface area contributed by atoms with E-state index in [1.807, 2.05) is 6.07 Å². The molecule has 0 radical (unpaired) electrons. The van der Waals surface area contributed by atoms with Crippen molar-refractivity contribution in [1.82, 2.24) is 4.90 Å². The number of nitriles is 1. The Bertz CT molecular complexity index is 466. The summed E-state index contributed by atoms with van der Waals surface area (Å²) in [6.07, 6.45) is 5.18. The van der Waals surface area contributed by atoms with Crippen LogP contribution in [0.2, 0.25) is 0 Å². The van der Waals surface area contributed by atoms with Gasteiger partial charge in [-0.15, -0.1) is 6.42 Å². The number of aliphatic carboxylic acids is 1. The van der Waals surface area contributed by atoms with Crippen molar-refractivity contribution in [3.05, 3.63) is 35.4 Å². The third-order valence-corrected chi connectivity index (χ3v) is 2.16. The lowest BCUT2D eigenvalue weighted by Gasteiger charge is -2.17. The van der Waals surface area contributed by atoms with Gasteiger partial charge in [0.05, 0.1) is 24.7 Å². The van der Waals surface area contributed by atoms with Crippen LogP contribution in [0.3, 0.4) is 0 Å². The molecule has 1 aromatic carbocycles. The number of hydrogen-bond donors (Lipinski definition) is 1. The van der Waals surface area contributed by atoms with E-state index < -0.39 is 5.97 Å². The first-order valence-corrected chi connectivity index (χ1v) is 5.02. The number of hydrogen-bond acceptors (Lipinski definition) is 3. The molecule has 17 heavy (non-hydrogen) atoms. The molecule has 0 atom stereocenters. The fourth-order valence-corrected chi connectivity index (χ4v) is 1.43. The molecule has 0 aliphatic carbocycles. The third-order valence-electron chi connectivity index (χ3n) is 2.16. The van der Waals surface area contributed by atoms with Gasteiger partial charge in [-0.25, -0.2) is 0 Å². The Morgan fingerprint density at radius 2 is 2.06 bits per heavy atom. The molecule has 1 aromatic rings. The summed E-state index contributed by atoms with van der Waals surface area (Å²) in [5.74, 6) is 1.52. The molecule has 0 aliphatic heterocycles. The monoisotopic (exact) mass is 228 g/mol. The van der Waals surface area contributed by atoms with Crippen molar-refractivity contribution in [3.63, 3.8) is 0 Å². The van der Waals surface area contributed by atoms with Gasteiger partial charge < -0.3 is 5.11 Å². The minimum absolute atomic E-state index is 0.0931. The van der Waals surface area contributed by atoms with E-state index in [-0.39, 0.29) is 13.1 Å². The lowest BCUT2D eigenvalue weighted by molar-refractivity contribution is -0.138. The van der Waals surface area contributed by atoms with Crippen LogP contribution in [0.15, 0.2) is 24.3 Å². The van der Waals surface area contributed by atoms with Crippen molar-refractivity contribution in [2.24, 2.45) is 0 Å². The maximum atomic E-state index is 10.6. The molecule has 0 amide bonds. The average molecular weight is 228 g/mol. The Labute approximate surface area is 100 Å². The van der Waals surface area contributed by atoms with Crippen molar-refractivity contribution in [2.75, 3.05) is 13.1 Å². The van der Waals surface area contributed by atoms with Gasteiger partial charge in [0, 0.05) is 6.54 Å². The maximum Gasteiger partial charge on any atom is 0.317 e. The second-order valence-electron chi connectivity index (χ2n) is 3.55. The highest BCUT2D eigenvalue weighted by atomic mass is 16.4. The summed E-state index contributed by atoms with van der Waals surface area (Å²) < 4.78 is 0. The normalized spacial score (nSPS) is 9.59. The second-order valence-corrected chi connectivity index (χ2v) is 3.55. The van der Waals surface area contributed by atoms with Gasteiger partial charge in [-0.2, -0.15) is 5.26 Å². The first-order valence-electron chi connectivity index (χ1n) is 5.02. The third kappa shape index (κ3) is 4.38. The SMILES string of the molecule is C#CCN(CC(=O)O)Cc1ccc(C#N)cc1. The van der Waals surface area contributed by atoms with Crippen molar-refractivity contribution in [3.8, 4) is 18.4 Å². The van der Waals surface area contributed by atoms with Crippen LogP contribution in [-0.2, 0) is 11.3 Å². The Morgan fingerprint density at radius 3 is 2.53 bits per heavy atom. The highest BCUT2D eigenvalue weighted by molar-refractivity contribution is 5.69. The van der Waals surface area contributed by atoms with E-state index in [1.165, 1.54) is 0 Å². The molecule has 1 rings (SSSR count). The highest BCUT2D eigenvalue weighted by Crippen LogP contribution is 2.06. The van der Waals surface area contributed by atoms with Crippen LogP contribution in [0, 0.1) is 23.7 Å². The summed E-state index contributed by atoms with van der Waals surface area (Å²) in [5.41, 5.74) is 1.51. The van der Waals surface area contributed by atoms with Crippen molar-refractivity contribution >= 4 is 5.97 Å². The summed E-state index contributed by atoms with van der Waals surface area (Å²) in [7, 11) is 0. The minimum Gasteiger partial charge on any atom is -0.480 e. The predicted octanol–water partition coefficient (Wildman–Crippen LogP) is 1.08. The maximum absolute atomic E-state index is 10.6. The predicted molar refractivity (Wildman–Crippen MR) is 62.9 cm³/mol. The van der Waals surface area contributed by atoms with E-state index in [1.54, 1.807) is 29.2 Å². The molecule has 4 heteroatoms. The molecular weight excluding hydrogens is 216 g/mol. The number of nitrogens with zero attached hydrogens (tertiary/aromatic N) is 2. The molecule has 0 heterocycles. The van der Waals surface area contributed by atoms with Gasteiger partial charge in [0.15, 0.2) is 0 Å². The van der Waals surface area contributed by atoms with Crippen LogP contribution in [0.4, 0.5) is 0 Å². The second kappa shape index (κ2) is 6.32. The van der Waals surface area contributed by atoms with E-state index >= 15 is 0 Å². The molecule has 0 aromatic heterocycles. The molecule has 0 fully saturated rings. The quantitative estimate of drug-likeness (QED) is 0.766. The Kier molecular flexibility index (Phi) is 4.75. The standard InChI is InChI=1S/C13H12N2O2/c1-2-7-15(10-13(16)17)9-12-5-3-11(8-14)4-6-12/h1,3-6H,7,9-10H2,(H,16,17). The molecule has 86 valence electrons. The lowest BCUT2D eigenvalue weighted by atomic mass is 10.1. The van der Waals surface area contributed by atoms with Gasteiger partial charge in [-0.05, 0) is 17.7 Å². The topological polar surface area (TPSA) is 64.3 Å². The summed E-state index contributed by atoms with van der Waals surface area (Å²) in [4.78, 5) is 12.3. The molecule has 0 unspecified atom stereocenters. The molecule has 4 nitrogen and oxygen atoms in total. The number of benzene rings is 1. The first-order chi connectivity index (χ1) is 8.15. The van der Waals surface area contributed by atoms with E-state index in [2.05, 4.69) is 5.92 Å². The molecule has 0 spiro atoms. The van der Waals surface area contributed by atoms with E-state index in [0.717, 1.165) is 5.56 Å². The van der Waals surface area contributed by atoms with Crippen LogP contribution < -0.4 is 0 Å². The van der Waals surface area contributed by atoms with Crippen LogP contribution >= 0.6 is 0 Å². The fourth-order valence-electron chi connectivity index (χ4n) is 1.43. The van der Waals surface area contributed by atoms with Gasteiger partial charge in [0.2, 0.25) is 0 Å². The number of carboxylic acids is 1. The average Bonchev–Trinajstić information content (AvgIpc) is 2.29. The van der Waals surface area contributed by atoms with Gasteiger partial charge in [-0.3, -0.25) is 9.69 Å². The first kappa shape index (κ1) is 12.8.